The minimum Gasteiger partial charge on any atom is -0.298 e. The lowest BCUT2D eigenvalue weighted by Gasteiger charge is -2.21. The van der Waals surface area contributed by atoms with Gasteiger partial charge in [0.2, 0.25) is 0 Å². The van der Waals surface area contributed by atoms with Crippen LogP contribution in [0.25, 0.3) is 0 Å². The molecule has 1 rings (SSSR count). The Labute approximate surface area is 110 Å². The van der Waals surface area contributed by atoms with Gasteiger partial charge in [0.1, 0.15) is 11.6 Å². The van der Waals surface area contributed by atoms with E-state index in [9.17, 15) is 8.78 Å². The summed E-state index contributed by atoms with van der Waals surface area (Å²) in [6, 6.07) is 3.62. The summed E-state index contributed by atoms with van der Waals surface area (Å²) in [5, 5.41) is 0.841. The largest absolute Gasteiger partial charge is 0.298 e. The Hall–Kier alpha value is -0.480. The Bertz CT molecular complexity index is 344. The lowest BCUT2D eigenvalue weighted by atomic mass is 10.2. The van der Waals surface area contributed by atoms with Gasteiger partial charge in [-0.15, -0.1) is 0 Å². The van der Waals surface area contributed by atoms with Crippen molar-refractivity contribution >= 4 is 15.9 Å². The number of alkyl halides is 1. The summed E-state index contributed by atoms with van der Waals surface area (Å²) < 4.78 is 26.5. The maximum atomic E-state index is 13.5. The van der Waals surface area contributed by atoms with Crippen LogP contribution in [0, 0.1) is 11.6 Å². The summed E-state index contributed by atoms with van der Waals surface area (Å²) in [6.45, 7) is 4.35. The van der Waals surface area contributed by atoms with E-state index in [1.165, 1.54) is 12.1 Å². The van der Waals surface area contributed by atoms with E-state index in [0.29, 0.717) is 12.1 Å². The van der Waals surface area contributed by atoms with E-state index >= 15 is 0 Å². The van der Waals surface area contributed by atoms with Crippen LogP contribution in [0.15, 0.2) is 18.2 Å². The first-order chi connectivity index (χ1) is 8.17. The summed E-state index contributed by atoms with van der Waals surface area (Å²) in [7, 11) is 0. The van der Waals surface area contributed by atoms with Gasteiger partial charge in [-0.2, -0.15) is 0 Å². The number of rotatable bonds is 7. The van der Waals surface area contributed by atoms with Crippen molar-refractivity contribution in [2.75, 3.05) is 18.4 Å². The van der Waals surface area contributed by atoms with Gasteiger partial charge in [-0.05, 0) is 31.2 Å². The number of benzene rings is 1. The van der Waals surface area contributed by atoms with Gasteiger partial charge in [-0.3, -0.25) is 4.90 Å². The molecule has 0 radical (unpaired) electrons. The highest BCUT2D eigenvalue weighted by atomic mass is 79.9. The number of unbranched alkanes of at least 4 members (excludes halogenated alkanes) is 1. The van der Waals surface area contributed by atoms with Crippen molar-refractivity contribution in [2.45, 2.75) is 26.3 Å². The zero-order chi connectivity index (χ0) is 12.7. The molecule has 0 saturated carbocycles. The highest BCUT2D eigenvalue weighted by molar-refractivity contribution is 9.09. The molecule has 0 fully saturated rings. The smallest absolute Gasteiger partial charge is 0.127 e. The third kappa shape index (κ3) is 5.13. The molecular weight excluding hydrogens is 288 g/mol. The first kappa shape index (κ1) is 14.6. The van der Waals surface area contributed by atoms with E-state index in [-0.39, 0.29) is 11.6 Å². The number of hydrogen-bond acceptors (Lipinski definition) is 1. The fraction of sp³-hybridized carbons (Fsp3) is 0.538. The first-order valence-electron chi connectivity index (χ1n) is 5.89. The Morgan fingerprint density at radius 1 is 1.24 bits per heavy atom. The van der Waals surface area contributed by atoms with Gasteiger partial charge in [-0.25, -0.2) is 8.78 Å². The summed E-state index contributed by atoms with van der Waals surface area (Å²) in [5.74, 6) is -0.710. The maximum absolute atomic E-state index is 13.5. The van der Waals surface area contributed by atoms with Crippen molar-refractivity contribution in [3.63, 3.8) is 0 Å². The highest BCUT2D eigenvalue weighted by Gasteiger charge is 2.09. The maximum Gasteiger partial charge on any atom is 0.127 e. The molecule has 0 saturated heterocycles. The molecule has 0 bridgehead atoms. The van der Waals surface area contributed by atoms with Crippen LogP contribution >= 0.6 is 15.9 Å². The second-order valence-corrected chi connectivity index (χ2v) is 4.85. The van der Waals surface area contributed by atoms with Gasteiger partial charge in [0.15, 0.2) is 0 Å². The molecule has 1 nitrogen and oxygen atoms in total. The van der Waals surface area contributed by atoms with Gasteiger partial charge < -0.3 is 0 Å². The van der Waals surface area contributed by atoms with E-state index in [1.807, 2.05) is 0 Å². The van der Waals surface area contributed by atoms with Crippen molar-refractivity contribution in [2.24, 2.45) is 0 Å². The molecule has 1 aromatic carbocycles. The van der Waals surface area contributed by atoms with Crippen LogP contribution < -0.4 is 0 Å². The molecule has 0 heterocycles. The van der Waals surface area contributed by atoms with Crippen molar-refractivity contribution in [3.8, 4) is 0 Å². The van der Waals surface area contributed by atoms with Crippen LogP contribution in [-0.4, -0.2) is 23.3 Å². The van der Waals surface area contributed by atoms with E-state index in [1.54, 1.807) is 0 Å². The average molecular weight is 306 g/mol. The van der Waals surface area contributed by atoms with Crippen LogP contribution in [0.1, 0.15) is 25.3 Å². The molecule has 17 heavy (non-hydrogen) atoms. The third-order valence-corrected chi connectivity index (χ3v) is 2.98. The molecule has 4 heteroatoms. The summed E-state index contributed by atoms with van der Waals surface area (Å²) >= 11 is 3.38. The van der Waals surface area contributed by atoms with E-state index in [2.05, 4.69) is 27.8 Å². The standard InChI is InChI=1S/C13H18BrF2N/c1-2-3-7-17(8-6-14)10-11-9-12(15)4-5-13(11)16/h4-5,9H,2-3,6-8,10H2,1H3. The molecule has 96 valence electrons. The molecule has 0 aromatic heterocycles. The van der Waals surface area contributed by atoms with Crippen molar-refractivity contribution in [1.82, 2.24) is 4.90 Å². The van der Waals surface area contributed by atoms with E-state index < -0.39 is 0 Å². The molecule has 0 aliphatic rings. The van der Waals surface area contributed by atoms with Crippen LogP contribution in [0.2, 0.25) is 0 Å². The minimum absolute atomic E-state index is 0.331. The molecule has 0 aliphatic carbocycles. The second kappa shape index (κ2) is 7.77. The molecule has 0 unspecified atom stereocenters. The molecule has 0 N–H and O–H groups in total. The molecule has 0 aliphatic heterocycles. The first-order valence-corrected chi connectivity index (χ1v) is 7.01. The monoisotopic (exact) mass is 305 g/mol. The van der Waals surface area contributed by atoms with Gasteiger partial charge in [0.05, 0.1) is 0 Å². The highest BCUT2D eigenvalue weighted by Crippen LogP contribution is 2.13. The van der Waals surface area contributed by atoms with E-state index in [0.717, 1.165) is 37.3 Å². The predicted octanol–water partition coefficient (Wildman–Crippen LogP) is 3.96. The molecule has 0 amide bonds. The Morgan fingerprint density at radius 3 is 2.65 bits per heavy atom. The summed E-state index contributed by atoms with van der Waals surface area (Å²) in [4.78, 5) is 2.14. The lowest BCUT2D eigenvalue weighted by Crippen LogP contribution is -2.26. The fourth-order valence-corrected chi connectivity index (χ4v) is 2.18. The Balaban J connectivity index is 2.67. The van der Waals surface area contributed by atoms with Gasteiger partial charge in [-0.1, -0.05) is 29.3 Å². The zero-order valence-corrected chi connectivity index (χ0v) is 11.6. The molecule has 1 aromatic rings. The van der Waals surface area contributed by atoms with Crippen LogP contribution in [0.5, 0.6) is 0 Å². The molecular formula is C13H18BrF2N. The third-order valence-electron chi connectivity index (χ3n) is 2.63. The van der Waals surface area contributed by atoms with Crippen molar-refractivity contribution in [1.29, 1.82) is 0 Å². The normalized spacial score (nSPS) is 11.1. The Morgan fingerprint density at radius 2 is 2.00 bits per heavy atom. The lowest BCUT2D eigenvalue weighted by molar-refractivity contribution is 0.274. The predicted molar refractivity (Wildman–Crippen MR) is 70.3 cm³/mol. The van der Waals surface area contributed by atoms with Crippen molar-refractivity contribution in [3.05, 3.63) is 35.4 Å². The SMILES string of the molecule is CCCCN(CCBr)Cc1cc(F)ccc1F. The molecule has 0 atom stereocenters. The van der Waals surface area contributed by atoms with Crippen LogP contribution in [-0.2, 0) is 6.54 Å². The number of hydrogen-bond donors (Lipinski definition) is 0. The fourth-order valence-electron chi connectivity index (χ4n) is 1.68. The van der Waals surface area contributed by atoms with E-state index in [4.69, 9.17) is 0 Å². The number of halogens is 3. The minimum atomic E-state index is -0.379. The van der Waals surface area contributed by atoms with Gasteiger partial charge >= 0.3 is 0 Å². The second-order valence-electron chi connectivity index (χ2n) is 4.05. The summed E-state index contributed by atoms with van der Waals surface area (Å²) in [5.41, 5.74) is 0.432. The van der Waals surface area contributed by atoms with Crippen molar-refractivity contribution < 1.29 is 8.78 Å². The number of nitrogens with zero attached hydrogens (tertiary/aromatic N) is 1. The van der Waals surface area contributed by atoms with Crippen LogP contribution in [0.3, 0.4) is 0 Å². The summed E-state index contributed by atoms with van der Waals surface area (Å²) in [6.07, 6.45) is 2.17. The topological polar surface area (TPSA) is 3.24 Å². The quantitative estimate of drug-likeness (QED) is 0.689. The Kier molecular flexibility index (Phi) is 6.66. The molecule has 0 spiro atoms. The van der Waals surface area contributed by atoms with Gasteiger partial charge in [0, 0.05) is 24.0 Å². The average Bonchev–Trinajstić information content (AvgIpc) is 2.31. The van der Waals surface area contributed by atoms with Crippen LogP contribution in [0.4, 0.5) is 8.78 Å². The van der Waals surface area contributed by atoms with Gasteiger partial charge in [0.25, 0.3) is 0 Å². The zero-order valence-electron chi connectivity index (χ0n) is 10.1.